The molecule has 4 unspecified atom stereocenters. The zero-order valence-corrected chi connectivity index (χ0v) is 66.2. The Labute approximate surface area is 600 Å². The second-order valence-electron chi connectivity index (χ2n) is 30.1. The highest BCUT2D eigenvalue weighted by molar-refractivity contribution is 7.47. The van der Waals surface area contributed by atoms with Gasteiger partial charge in [0.15, 0.2) is 12.2 Å². The zero-order valence-electron chi connectivity index (χ0n) is 64.4. The summed E-state index contributed by atoms with van der Waals surface area (Å²) in [5.74, 6) is 0.923. The Balaban J connectivity index is 5.15. The van der Waals surface area contributed by atoms with Crippen molar-refractivity contribution in [2.24, 2.45) is 23.7 Å². The van der Waals surface area contributed by atoms with E-state index in [2.05, 4.69) is 55.4 Å². The first-order chi connectivity index (χ1) is 47.1. The summed E-state index contributed by atoms with van der Waals surface area (Å²) in [7, 11) is -9.92. The number of aliphatic hydroxyl groups excluding tert-OH is 1. The Morgan fingerprint density at radius 3 is 0.724 bits per heavy atom. The molecule has 6 atom stereocenters. The van der Waals surface area contributed by atoms with Crippen molar-refractivity contribution >= 4 is 39.5 Å². The number of carbonyl (C=O) groups excluding carboxylic acids is 4. The summed E-state index contributed by atoms with van der Waals surface area (Å²) >= 11 is 0. The molecule has 0 aromatic rings. The van der Waals surface area contributed by atoms with Gasteiger partial charge in [0.25, 0.3) is 0 Å². The number of phosphoric acid groups is 2. The Morgan fingerprint density at radius 2 is 0.490 bits per heavy atom. The summed E-state index contributed by atoms with van der Waals surface area (Å²) in [6, 6.07) is 0. The first-order valence-electron chi connectivity index (χ1n) is 40.7. The van der Waals surface area contributed by atoms with Gasteiger partial charge in [-0.2, -0.15) is 0 Å². The lowest BCUT2D eigenvalue weighted by Crippen LogP contribution is -2.30. The Kier molecular flexibility index (Phi) is 66.8. The first kappa shape index (κ1) is 96.1. The third-order valence-electron chi connectivity index (χ3n) is 18.7. The van der Waals surface area contributed by atoms with Crippen molar-refractivity contribution in [1.82, 2.24) is 0 Å². The van der Waals surface area contributed by atoms with E-state index in [-0.39, 0.29) is 25.7 Å². The minimum atomic E-state index is -4.96. The molecule has 17 nitrogen and oxygen atoms in total. The van der Waals surface area contributed by atoms with Crippen LogP contribution in [0.25, 0.3) is 0 Å². The fourth-order valence-electron chi connectivity index (χ4n) is 12.0. The number of aliphatic hydroxyl groups is 1. The monoisotopic (exact) mass is 1440 g/mol. The Morgan fingerprint density at radius 1 is 0.286 bits per heavy atom. The minimum Gasteiger partial charge on any atom is -0.462 e. The van der Waals surface area contributed by atoms with Gasteiger partial charge in [-0.1, -0.05) is 351 Å². The Hall–Kier alpha value is -1.94. The third-order valence-corrected chi connectivity index (χ3v) is 20.6. The van der Waals surface area contributed by atoms with E-state index in [4.69, 9.17) is 37.0 Å². The normalized spacial score (nSPS) is 14.3. The molecule has 0 aromatic heterocycles. The van der Waals surface area contributed by atoms with Gasteiger partial charge >= 0.3 is 39.5 Å². The van der Waals surface area contributed by atoms with Crippen LogP contribution in [0.3, 0.4) is 0 Å². The van der Waals surface area contributed by atoms with Gasteiger partial charge in [-0.15, -0.1) is 0 Å². The van der Waals surface area contributed by atoms with Gasteiger partial charge in [0.05, 0.1) is 26.4 Å². The van der Waals surface area contributed by atoms with Gasteiger partial charge < -0.3 is 33.8 Å². The molecule has 0 amide bonds. The molecule has 0 aliphatic rings. The van der Waals surface area contributed by atoms with Gasteiger partial charge in [-0.25, -0.2) is 9.13 Å². The highest BCUT2D eigenvalue weighted by Gasteiger charge is 2.30. The molecular weight excluding hydrogens is 1280 g/mol. The number of phosphoric ester groups is 2. The van der Waals surface area contributed by atoms with Crippen LogP contribution in [0.4, 0.5) is 0 Å². The van der Waals surface area contributed by atoms with Crippen molar-refractivity contribution in [3.8, 4) is 0 Å². The molecule has 19 heteroatoms. The molecule has 0 saturated heterocycles. The van der Waals surface area contributed by atoms with Gasteiger partial charge in [-0.05, 0) is 49.4 Å². The number of carbonyl (C=O) groups is 4. The molecule has 0 saturated carbocycles. The standard InChI is InChI=1S/C79H154O17P2/c1-9-72(8)58-50-42-37-38-46-54-62-79(84)96-75(66-89-76(81)59-51-43-34-28-24-20-17-16-19-23-27-32-40-48-56-70(4)5)68-94-98(87,88)92-64-73(80)63-91-97(85,86)93-67-74(65-90-77(82)60-52-44-36-30-33-41-49-57-71(6)7)95-78(83)61-53-45-35-29-25-21-15-13-11-10-12-14-18-22-26-31-39-47-55-69(2)3/h69-75,80H,9-68H2,1-8H3,(H,85,86)(H,87,88)/t72?,73?,74-,75-/m1/s1. The van der Waals surface area contributed by atoms with Crippen LogP contribution in [0.1, 0.15) is 402 Å². The Bertz CT molecular complexity index is 1920. The third kappa shape index (κ3) is 71.1. The summed E-state index contributed by atoms with van der Waals surface area (Å²) < 4.78 is 68.6. The molecule has 0 heterocycles. The molecule has 0 aliphatic heterocycles. The number of unbranched alkanes of at least 4 members (excludes halogenated alkanes) is 41. The van der Waals surface area contributed by atoms with E-state index in [9.17, 15) is 43.2 Å². The van der Waals surface area contributed by atoms with Crippen molar-refractivity contribution in [2.75, 3.05) is 39.6 Å². The topological polar surface area (TPSA) is 237 Å². The maximum absolute atomic E-state index is 13.1. The van der Waals surface area contributed by atoms with Crippen LogP contribution in [0.5, 0.6) is 0 Å². The van der Waals surface area contributed by atoms with Crippen LogP contribution in [0, 0.1) is 23.7 Å². The smallest absolute Gasteiger partial charge is 0.462 e. The summed E-state index contributed by atoms with van der Waals surface area (Å²) in [6.07, 6.45) is 54.4. The molecule has 0 aromatic carbocycles. The molecule has 0 bridgehead atoms. The SMILES string of the molecule is CCC(C)CCCCCCCCC(=O)O[C@H](COC(=O)CCCCCCCCCCCCCCCCC(C)C)COP(=O)(O)OCC(O)COP(=O)(O)OC[C@@H](COC(=O)CCCCCCCCCC(C)C)OC(=O)CCCCCCCCCCCCCCCCCCCCC(C)C. The maximum atomic E-state index is 13.1. The number of ether oxygens (including phenoxy) is 4. The van der Waals surface area contributed by atoms with E-state index in [0.717, 1.165) is 114 Å². The van der Waals surface area contributed by atoms with E-state index in [1.165, 1.54) is 199 Å². The van der Waals surface area contributed by atoms with Crippen LogP contribution in [-0.4, -0.2) is 96.7 Å². The number of hydrogen-bond donors (Lipinski definition) is 3. The van der Waals surface area contributed by atoms with Crippen molar-refractivity contribution in [1.29, 1.82) is 0 Å². The quantitative estimate of drug-likeness (QED) is 0.0222. The fraction of sp³-hybridized carbons (Fsp3) is 0.949. The fourth-order valence-corrected chi connectivity index (χ4v) is 13.6. The number of rotatable bonds is 76. The first-order valence-corrected chi connectivity index (χ1v) is 43.7. The lowest BCUT2D eigenvalue weighted by atomic mass is 10.00. The van der Waals surface area contributed by atoms with E-state index >= 15 is 0 Å². The van der Waals surface area contributed by atoms with Crippen molar-refractivity contribution in [2.45, 2.75) is 420 Å². The van der Waals surface area contributed by atoms with Crippen LogP contribution >= 0.6 is 15.6 Å². The van der Waals surface area contributed by atoms with Crippen LogP contribution < -0.4 is 0 Å². The van der Waals surface area contributed by atoms with Gasteiger partial charge in [0.1, 0.15) is 19.3 Å². The van der Waals surface area contributed by atoms with Crippen molar-refractivity contribution in [3.05, 3.63) is 0 Å². The summed E-state index contributed by atoms with van der Waals surface area (Å²) in [4.78, 5) is 72.9. The number of esters is 4. The van der Waals surface area contributed by atoms with Gasteiger partial charge in [-0.3, -0.25) is 37.3 Å². The molecule has 98 heavy (non-hydrogen) atoms. The van der Waals surface area contributed by atoms with E-state index in [1.807, 2.05) is 0 Å². The van der Waals surface area contributed by atoms with Crippen molar-refractivity contribution < 1.29 is 80.2 Å². The van der Waals surface area contributed by atoms with Crippen LogP contribution in [-0.2, 0) is 65.4 Å². The molecule has 0 fully saturated rings. The van der Waals surface area contributed by atoms with E-state index < -0.39 is 97.5 Å². The van der Waals surface area contributed by atoms with Gasteiger partial charge in [0.2, 0.25) is 0 Å². The molecule has 0 aliphatic carbocycles. The second kappa shape index (κ2) is 68.2. The predicted octanol–water partition coefficient (Wildman–Crippen LogP) is 23.2. The average molecular weight is 1440 g/mol. The number of hydrogen-bond acceptors (Lipinski definition) is 15. The summed E-state index contributed by atoms with van der Waals surface area (Å²) in [6.45, 7) is 14.2. The largest absolute Gasteiger partial charge is 0.472 e. The lowest BCUT2D eigenvalue weighted by Gasteiger charge is -2.21. The molecular formula is C79H154O17P2. The highest BCUT2D eigenvalue weighted by atomic mass is 31.2. The van der Waals surface area contributed by atoms with Crippen LogP contribution in [0.15, 0.2) is 0 Å². The lowest BCUT2D eigenvalue weighted by molar-refractivity contribution is -0.161. The van der Waals surface area contributed by atoms with E-state index in [0.29, 0.717) is 31.6 Å². The van der Waals surface area contributed by atoms with Gasteiger partial charge in [0, 0.05) is 25.7 Å². The molecule has 0 spiro atoms. The molecule has 0 radical (unpaired) electrons. The zero-order chi connectivity index (χ0) is 72.4. The highest BCUT2D eigenvalue weighted by Crippen LogP contribution is 2.45. The minimum absolute atomic E-state index is 0.103. The molecule has 582 valence electrons. The summed E-state index contributed by atoms with van der Waals surface area (Å²) in [5, 5.41) is 10.6. The molecule has 3 N–H and O–H groups in total. The van der Waals surface area contributed by atoms with Crippen LogP contribution in [0.2, 0.25) is 0 Å². The maximum Gasteiger partial charge on any atom is 0.472 e. The summed E-state index contributed by atoms with van der Waals surface area (Å²) in [5.41, 5.74) is 0. The second-order valence-corrected chi connectivity index (χ2v) is 33.0. The predicted molar refractivity (Wildman–Crippen MR) is 400 cm³/mol. The average Bonchev–Trinajstić information content (AvgIpc) is 0.977. The van der Waals surface area contributed by atoms with Crippen molar-refractivity contribution in [3.63, 3.8) is 0 Å². The molecule has 0 rings (SSSR count). The van der Waals surface area contributed by atoms with E-state index in [1.54, 1.807) is 0 Å².